The molecule has 0 saturated carbocycles. The van der Waals surface area contributed by atoms with Crippen molar-refractivity contribution in [2.24, 2.45) is 5.10 Å². The molecule has 0 aliphatic carbocycles. The van der Waals surface area contributed by atoms with Crippen LogP contribution in [0.1, 0.15) is 15.3 Å². The first-order valence-electron chi connectivity index (χ1n) is 7.52. The molecule has 0 radical (unpaired) electrons. The molecular weight excluding hydrogens is 314 g/mol. The Morgan fingerprint density at radius 1 is 1.14 bits per heavy atom. The molecule has 1 fully saturated rings. The van der Waals surface area contributed by atoms with E-state index in [-0.39, 0.29) is 0 Å². The number of nitrogens with zero attached hydrogens (tertiary/aromatic N) is 3. The maximum atomic E-state index is 6.23. The molecule has 22 heavy (non-hydrogen) atoms. The quantitative estimate of drug-likeness (QED) is 0.791. The van der Waals surface area contributed by atoms with E-state index in [0.717, 1.165) is 37.7 Å². The highest BCUT2D eigenvalue weighted by molar-refractivity contribution is 7.13. The summed E-state index contributed by atoms with van der Waals surface area (Å²) in [7, 11) is 0. The van der Waals surface area contributed by atoms with E-state index in [2.05, 4.69) is 40.1 Å². The summed E-state index contributed by atoms with van der Waals surface area (Å²) in [6, 6.07) is 12.3. The van der Waals surface area contributed by atoms with E-state index in [4.69, 9.17) is 11.6 Å². The zero-order valence-electron chi connectivity index (χ0n) is 12.7. The number of hydrazone groups is 1. The Morgan fingerprint density at radius 2 is 1.91 bits per heavy atom. The van der Waals surface area contributed by atoms with Gasteiger partial charge in [-0.05, 0) is 30.7 Å². The van der Waals surface area contributed by atoms with Crippen molar-refractivity contribution in [3.05, 3.63) is 56.7 Å². The molecule has 5 heteroatoms. The average Bonchev–Trinajstić information content (AvgIpc) is 2.94. The molecule has 3 nitrogen and oxygen atoms in total. The lowest BCUT2D eigenvalue weighted by atomic mass is 10.2. The highest BCUT2D eigenvalue weighted by Gasteiger charge is 2.16. The minimum absolute atomic E-state index is 0.857. The lowest BCUT2D eigenvalue weighted by Gasteiger charge is -2.33. The van der Waals surface area contributed by atoms with Gasteiger partial charge in [0.2, 0.25) is 0 Å². The molecule has 2 aromatic rings. The van der Waals surface area contributed by atoms with Gasteiger partial charge in [0.1, 0.15) is 0 Å². The van der Waals surface area contributed by atoms with E-state index < -0.39 is 0 Å². The van der Waals surface area contributed by atoms with Crippen LogP contribution in [0.5, 0.6) is 0 Å². The van der Waals surface area contributed by atoms with Crippen LogP contribution in [0, 0.1) is 6.92 Å². The standard InChI is InChI=1S/C17H20ClN3S/c1-14-6-7-16(22-14)12-19-21-10-8-20(9-11-21)13-15-4-2-3-5-17(15)18/h2-7,12H,8-11,13H2,1H3/b19-12+. The normalized spacial score (nSPS) is 16.5. The van der Waals surface area contributed by atoms with Crippen LogP contribution in [0.15, 0.2) is 41.5 Å². The Labute approximate surface area is 140 Å². The Morgan fingerprint density at radius 3 is 2.59 bits per heavy atom. The first-order chi connectivity index (χ1) is 10.7. The molecule has 3 rings (SSSR count). The van der Waals surface area contributed by atoms with E-state index in [1.807, 2.05) is 24.4 Å². The van der Waals surface area contributed by atoms with Gasteiger partial charge < -0.3 is 0 Å². The number of thiophene rings is 1. The van der Waals surface area contributed by atoms with Crippen molar-refractivity contribution in [2.45, 2.75) is 13.5 Å². The second kappa shape index (κ2) is 7.27. The van der Waals surface area contributed by atoms with Crippen LogP contribution in [0.25, 0.3) is 0 Å². The molecule has 0 unspecified atom stereocenters. The lowest BCUT2D eigenvalue weighted by Crippen LogP contribution is -2.43. The average molecular weight is 334 g/mol. The second-order valence-corrected chi connectivity index (χ2v) is 7.24. The first-order valence-corrected chi connectivity index (χ1v) is 8.71. The maximum Gasteiger partial charge on any atom is 0.0642 e. The minimum Gasteiger partial charge on any atom is -0.295 e. The third-order valence-corrected chi connectivity index (χ3v) is 5.11. The summed E-state index contributed by atoms with van der Waals surface area (Å²) in [6.45, 7) is 7.01. The summed E-state index contributed by atoms with van der Waals surface area (Å²) in [6.07, 6.45) is 1.97. The zero-order valence-corrected chi connectivity index (χ0v) is 14.3. The molecule has 1 aromatic carbocycles. The van der Waals surface area contributed by atoms with Crippen LogP contribution in [-0.4, -0.2) is 42.3 Å². The Bertz CT molecular complexity index is 645. The number of hydrogen-bond acceptors (Lipinski definition) is 4. The van der Waals surface area contributed by atoms with Crippen LogP contribution in [-0.2, 0) is 6.54 Å². The van der Waals surface area contributed by atoms with E-state index in [1.165, 1.54) is 15.3 Å². The zero-order chi connectivity index (χ0) is 15.4. The van der Waals surface area contributed by atoms with Crippen molar-refractivity contribution >= 4 is 29.2 Å². The molecule has 0 N–H and O–H groups in total. The van der Waals surface area contributed by atoms with Crippen molar-refractivity contribution in [1.29, 1.82) is 0 Å². The van der Waals surface area contributed by atoms with Gasteiger partial charge in [-0.3, -0.25) is 9.91 Å². The molecule has 116 valence electrons. The third-order valence-electron chi connectivity index (χ3n) is 3.81. The van der Waals surface area contributed by atoms with Gasteiger partial charge in [0.25, 0.3) is 0 Å². The Balaban J connectivity index is 1.50. The van der Waals surface area contributed by atoms with Crippen molar-refractivity contribution in [1.82, 2.24) is 9.91 Å². The van der Waals surface area contributed by atoms with E-state index >= 15 is 0 Å². The fraction of sp³-hybridized carbons (Fsp3) is 0.353. The predicted molar refractivity (Wildman–Crippen MR) is 95.0 cm³/mol. The van der Waals surface area contributed by atoms with Gasteiger partial charge in [-0.1, -0.05) is 29.8 Å². The van der Waals surface area contributed by atoms with Gasteiger partial charge in [0.15, 0.2) is 0 Å². The van der Waals surface area contributed by atoms with Crippen molar-refractivity contribution < 1.29 is 0 Å². The Hall–Kier alpha value is -1.36. The van der Waals surface area contributed by atoms with Gasteiger partial charge in [0.05, 0.1) is 6.21 Å². The molecular formula is C17H20ClN3S. The summed E-state index contributed by atoms with van der Waals surface area (Å²) in [5.41, 5.74) is 1.20. The third kappa shape index (κ3) is 4.09. The second-order valence-electron chi connectivity index (χ2n) is 5.51. The predicted octanol–water partition coefficient (Wildman–Crippen LogP) is 3.86. The van der Waals surface area contributed by atoms with Crippen LogP contribution in [0.3, 0.4) is 0 Å². The monoisotopic (exact) mass is 333 g/mol. The summed E-state index contributed by atoms with van der Waals surface area (Å²) < 4.78 is 0. The van der Waals surface area contributed by atoms with Crippen LogP contribution in [0.2, 0.25) is 5.02 Å². The minimum atomic E-state index is 0.857. The molecule has 1 saturated heterocycles. The van der Waals surface area contributed by atoms with Gasteiger partial charge in [-0.15, -0.1) is 11.3 Å². The molecule has 1 aliphatic heterocycles. The maximum absolute atomic E-state index is 6.23. The number of halogens is 1. The molecule has 1 aliphatic rings. The molecule has 2 heterocycles. The van der Waals surface area contributed by atoms with Crippen molar-refractivity contribution in [3.63, 3.8) is 0 Å². The summed E-state index contributed by atoms with van der Waals surface area (Å²) in [5.74, 6) is 0. The first kappa shape index (κ1) is 15.5. The number of aryl methyl sites for hydroxylation is 1. The van der Waals surface area contributed by atoms with Crippen LogP contribution in [0.4, 0.5) is 0 Å². The largest absolute Gasteiger partial charge is 0.295 e. The van der Waals surface area contributed by atoms with Crippen LogP contribution < -0.4 is 0 Å². The molecule has 0 amide bonds. The van der Waals surface area contributed by atoms with E-state index in [0.29, 0.717) is 0 Å². The Kier molecular flexibility index (Phi) is 5.13. The van der Waals surface area contributed by atoms with Gasteiger partial charge in [-0.2, -0.15) is 5.10 Å². The molecule has 0 atom stereocenters. The topological polar surface area (TPSA) is 18.8 Å². The van der Waals surface area contributed by atoms with Crippen molar-refractivity contribution in [2.75, 3.05) is 26.2 Å². The smallest absolute Gasteiger partial charge is 0.0642 e. The lowest BCUT2D eigenvalue weighted by molar-refractivity contribution is 0.131. The SMILES string of the molecule is Cc1ccc(/C=N/N2CCN(Cc3ccccc3Cl)CC2)s1. The van der Waals surface area contributed by atoms with Crippen LogP contribution >= 0.6 is 22.9 Å². The molecule has 1 aromatic heterocycles. The fourth-order valence-corrected chi connectivity index (χ4v) is 3.48. The van der Waals surface area contributed by atoms with Gasteiger partial charge >= 0.3 is 0 Å². The number of hydrogen-bond donors (Lipinski definition) is 0. The molecule has 0 bridgehead atoms. The number of piperazine rings is 1. The summed E-state index contributed by atoms with van der Waals surface area (Å²) in [4.78, 5) is 4.98. The van der Waals surface area contributed by atoms with Gasteiger partial charge in [0, 0.05) is 47.5 Å². The van der Waals surface area contributed by atoms with E-state index in [1.54, 1.807) is 11.3 Å². The van der Waals surface area contributed by atoms with E-state index in [9.17, 15) is 0 Å². The number of benzene rings is 1. The summed E-state index contributed by atoms with van der Waals surface area (Å²) in [5, 5.41) is 7.60. The number of rotatable bonds is 4. The summed E-state index contributed by atoms with van der Waals surface area (Å²) >= 11 is 8.01. The van der Waals surface area contributed by atoms with Crippen molar-refractivity contribution in [3.8, 4) is 0 Å². The highest BCUT2D eigenvalue weighted by atomic mass is 35.5. The molecule has 0 spiro atoms. The van der Waals surface area contributed by atoms with Gasteiger partial charge in [-0.25, -0.2) is 0 Å². The highest BCUT2D eigenvalue weighted by Crippen LogP contribution is 2.18. The fourth-order valence-electron chi connectivity index (χ4n) is 2.54.